The van der Waals surface area contributed by atoms with Crippen LogP contribution < -0.4 is 4.57 Å². The molecular formula is C20H39N2+. The van der Waals surface area contributed by atoms with Crippen LogP contribution in [-0.2, 0) is 19.4 Å². The summed E-state index contributed by atoms with van der Waals surface area (Å²) in [5, 5.41) is 0. The van der Waals surface area contributed by atoms with Gasteiger partial charge in [0.25, 0.3) is 5.82 Å². The number of imidazole rings is 1. The zero-order chi connectivity index (χ0) is 16.0. The number of nitrogens with zero attached hydrogens (tertiary/aromatic N) is 1. The van der Waals surface area contributed by atoms with Gasteiger partial charge in [-0.25, -0.2) is 9.55 Å². The zero-order valence-corrected chi connectivity index (χ0v) is 15.4. The number of unbranched alkanes of at least 4 members (excludes halogenated alkanes) is 8. The van der Waals surface area contributed by atoms with Gasteiger partial charge in [0.1, 0.15) is 11.9 Å². The van der Waals surface area contributed by atoms with Crippen LogP contribution in [-0.4, -0.2) is 4.98 Å². The molecule has 1 rings (SSSR count). The first-order chi connectivity index (χ1) is 10.8. The molecule has 0 aliphatic carbocycles. The average Bonchev–Trinajstić information content (AvgIpc) is 2.91. The molecule has 0 radical (unpaired) electrons. The molecule has 1 N–H and O–H groups in total. The minimum Gasteiger partial charge on any atom is -0.247 e. The number of rotatable bonds is 14. The molecular weight excluding hydrogens is 268 g/mol. The summed E-state index contributed by atoms with van der Waals surface area (Å²) in [6.45, 7) is 8.08. The SMILES string of the molecule is CCCCCCc1[nH]cc(CCCCC)[n+]1CCCCCC. The number of hydrogen-bond donors (Lipinski definition) is 1. The maximum absolute atomic E-state index is 3.58. The molecule has 0 spiro atoms. The third-order valence-electron chi connectivity index (χ3n) is 4.62. The molecule has 22 heavy (non-hydrogen) atoms. The Morgan fingerprint density at radius 3 is 2.00 bits per heavy atom. The van der Waals surface area contributed by atoms with Gasteiger partial charge in [-0.1, -0.05) is 65.7 Å². The number of aryl methyl sites for hydroxylation is 2. The quantitative estimate of drug-likeness (QED) is 0.334. The fraction of sp³-hybridized carbons (Fsp3) is 0.850. The molecule has 0 atom stereocenters. The average molecular weight is 308 g/mol. The van der Waals surface area contributed by atoms with Gasteiger partial charge in [-0.3, -0.25) is 0 Å². The molecule has 0 aliphatic rings. The van der Waals surface area contributed by atoms with E-state index >= 15 is 0 Å². The van der Waals surface area contributed by atoms with Gasteiger partial charge in [-0.15, -0.1) is 0 Å². The van der Waals surface area contributed by atoms with E-state index in [4.69, 9.17) is 0 Å². The second-order valence-corrected chi connectivity index (χ2v) is 6.71. The Morgan fingerprint density at radius 1 is 0.727 bits per heavy atom. The van der Waals surface area contributed by atoms with E-state index in [9.17, 15) is 0 Å². The van der Waals surface area contributed by atoms with Crippen molar-refractivity contribution in [3.63, 3.8) is 0 Å². The Labute approximate surface area is 138 Å². The molecule has 1 aromatic heterocycles. The standard InChI is InChI=1S/C20H38N2/c1-4-7-10-13-16-20-21-18-19(15-12-9-6-3)22(20)17-14-11-8-5-2/h18H,4-17H2,1-3H3/p+1. The van der Waals surface area contributed by atoms with E-state index in [2.05, 4.69) is 36.5 Å². The van der Waals surface area contributed by atoms with Gasteiger partial charge in [-0.2, -0.15) is 0 Å². The molecule has 0 bridgehead atoms. The lowest BCUT2D eigenvalue weighted by atomic mass is 10.1. The van der Waals surface area contributed by atoms with Gasteiger partial charge >= 0.3 is 0 Å². The third-order valence-corrected chi connectivity index (χ3v) is 4.62. The predicted octanol–water partition coefficient (Wildman–Crippen LogP) is 5.74. The highest BCUT2D eigenvalue weighted by molar-refractivity contribution is 4.92. The van der Waals surface area contributed by atoms with Crippen LogP contribution in [0, 0.1) is 0 Å². The first-order valence-corrected chi connectivity index (χ1v) is 9.92. The van der Waals surface area contributed by atoms with E-state index in [1.165, 1.54) is 102 Å². The van der Waals surface area contributed by atoms with Gasteiger partial charge in [0.2, 0.25) is 0 Å². The van der Waals surface area contributed by atoms with Crippen molar-refractivity contribution in [3.8, 4) is 0 Å². The number of aromatic nitrogens is 2. The first kappa shape index (κ1) is 19.3. The summed E-state index contributed by atoms with van der Waals surface area (Å²) >= 11 is 0. The molecule has 0 aliphatic heterocycles. The van der Waals surface area contributed by atoms with Crippen LogP contribution in [0.25, 0.3) is 0 Å². The van der Waals surface area contributed by atoms with Gasteiger partial charge in [0.15, 0.2) is 0 Å². The van der Waals surface area contributed by atoms with Gasteiger partial charge in [0.05, 0.1) is 6.54 Å². The summed E-state index contributed by atoms with van der Waals surface area (Å²) in [6.07, 6.45) is 19.6. The lowest BCUT2D eigenvalue weighted by molar-refractivity contribution is -0.710. The molecule has 128 valence electrons. The van der Waals surface area contributed by atoms with Crippen molar-refractivity contribution in [1.29, 1.82) is 0 Å². The molecule has 1 aromatic rings. The Morgan fingerprint density at radius 2 is 1.32 bits per heavy atom. The molecule has 0 saturated carbocycles. The first-order valence-electron chi connectivity index (χ1n) is 9.92. The second kappa shape index (κ2) is 12.7. The summed E-state index contributed by atoms with van der Waals surface area (Å²) in [4.78, 5) is 3.58. The molecule has 0 aromatic carbocycles. The zero-order valence-electron chi connectivity index (χ0n) is 15.4. The minimum absolute atomic E-state index is 1.22. The molecule has 2 nitrogen and oxygen atoms in total. The number of H-pyrrole nitrogens is 1. The number of hydrogen-bond acceptors (Lipinski definition) is 0. The van der Waals surface area contributed by atoms with E-state index in [1.54, 1.807) is 0 Å². The normalized spacial score (nSPS) is 11.2. The van der Waals surface area contributed by atoms with Crippen LogP contribution in [0.15, 0.2) is 6.20 Å². The van der Waals surface area contributed by atoms with Gasteiger partial charge in [0, 0.05) is 12.8 Å². The molecule has 0 unspecified atom stereocenters. The summed E-state index contributed by atoms with van der Waals surface area (Å²) in [5.41, 5.74) is 1.54. The predicted molar refractivity (Wildman–Crippen MR) is 96.2 cm³/mol. The topological polar surface area (TPSA) is 19.7 Å². The van der Waals surface area contributed by atoms with Crippen LogP contribution in [0.4, 0.5) is 0 Å². The lowest BCUT2D eigenvalue weighted by Crippen LogP contribution is -2.40. The van der Waals surface area contributed by atoms with Gasteiger partial charge in [-0.05, 0) is 25.7 Å². The van der Waals surface area contributed by atoms with Crippen molar-refractivity contribution in [2.45, 2.75) is 111 Å². The molecule has 0 amide bonds. The van der Waals surface area contributed by atoms with Crippen LogP contribution in [0.1, 0.15) is 103 Å². The Hall–Kier alpha value is -0.790. The molecule has 0 fully saturated rings. The lowest BCUT2D eigenvalue weighted by Gasteiger charge is -2.06. The van der Waals surface area contributed by atoms with E-state index in [1.807, 2.05) is 0 Å². The molecule has 2 heteroatoms. The van der Waals surface area contributed by atoms with Crippen molar-refractivity contribution in [2.24, 2.45) is 0 Å². The Balaban J connectivity index is 2.55. The minimum atomic E-state index is 1.22. The van der Waals surface area contributed by atoms with Gasteiger partial charge < -0.3 is 0 Å². The Bertz CT molecular complexity index is 368. The number of nitrogens with one attached hydrogen (secondary N) is 1. The largest absolute Gasteiger partial charge is 0.254 e. The molecule has 1 heterocycles. The van der Waals surface area contributed by atoms with Crippen molar-refractivity contribution in [1.82, 2.24) is 4.98 Å². The summed E-state index contributed by atoms with van der Waals surface area (Å²) in [5.74, 6) is 1.47. The van der Waals surface area contributed by atoms with Crippen molar-refractivity contribution < 1.29 is 4.57 Å². The van der Waals surface area contributed by atoms with Crippen LogP contribution in [0.5, 0.6) is 0 Å². The van der Waals surface area contributed by atoms with Crippen molar-refractivity contribution in [3.05, 3.63) is 17.7 Å². The smallest absolute Gasteiger partial charge is 0.247 e. The van der Waals surface area contributed by atoms with Crippen LogP contribution in [0.3, 0.4) is 0 Å². The van der Waals surface area contributed by atoms with E-state index in [0.717, 1.165) is 0 Å². The summed E-state index contributed by atoms with van der Waals surface area (Å²) in [7, 11) is 0. The van der Waals surface area contributed by atoms with Crippen molar-refractivity contribution >= 4 is 0 Å². The second-order valence-electron chi connectivity index (χ2n) is 6.71. The summed E-state index contributed by atoms with van der Waals surface area (Å²) < 4.78 is 2.61. The highest BCUT2D eigenvalue weighted by Crippen LogP contribution is 2.09. The van der Waals surface area contributed by atoms with E-state index < -0.39 is 0 Å². The Kier molecular flexibility index (Phi) is 11.1. The van der Waals surface area contributed by atoms with E-state index in [0.29, 0.717) is 0 Å². The monoisotopic (exact) mass is 307 g/mol. The fourth-order valence-corrected chi connectivity index (χ4v) is 3.16. The highest BCUT2D eigenvalue weighted by atomic mass is 15.1. The molecule has 0 saturated heterocycles. The fourth-order valence-electron chi connectivity index (χ4n) is 3.16. The summed E-state index contributed by atoms with van der Waals surface area (Å²) in [6, 6.07) is 0. The maximum Gasteiger partial charge on any atom is 0.254 e. The third kappa shape index (κ3) is 7.47. The van der Waals surface area contributed by atoms with E-state index in [-0.39, 0.29) is 0 Å². The van der Waals surface area contributed by atoms with Crippen LogP contribution >= 0.6 is 0 Å². The van der Waals surface area contributed by atoms with Crippen molar-refractivity contribution in [2.75, 3.05) is 0 Å². The highest BCUT2D eigenvalue weighted by Gasteiger charge is 2.16. The van der Waals surface area contributed by atoms with Crippen LogP contribution in [0.2, 0.25) is 0 Å². The maximum atomic E-state index is 3.58. The number of aromatic amines is 1.